The lowest BCUT2D eigenvalue weighted by atomic mass is 9.83. The Labute approximate surface area is 253 Å². The van der Waals surface area contributed by atoms with Crippen molar-refractivity contribution in [3.8, 4) is 5.75 Å². The molecule has 0 fully saturated rings. The minimum absolute atomic E-state index is 0.0560. The normalized spacial score (nSPS) is 18.1. The first-order valence-corrected chi connectivity index (χ1v) is 14.6. The number of allylic oxidation sites excluding steroid dienone is 1. The summed E-state index contributed by atoms with van der Waals surface area (Å²) in [5, 5.41) is 30.4. The number of anilines is 1. The van der Waals surface area contributed by atoms with Crippen LogP contribution in [0.25, 0.3) is 0 Å². The van der Waals surface area contributed by atoms with Gasteiger partial charge in [-0.25, -0.2) is 0 Å². The van der Waals surface area contributed by atoms with E-state index in [0.717, 1.165) is 14.7 Å². The Bertz CT molecular complexity index is 1520. The molecule has 4 aromatic rings. The summed E-state index contributed by atoms with van der Waals surface area (Å²) in [4.78, 5) is 15.5. The van der Waals surface area contributed by atoms with E-state index in [9.17, 15) is 15.0 Å². The Morgan fingerprint density at radius 3 is 2.56 bits per heavy atom. The number of carbonyl (C=O) groups is 1. The number of fused-ring (bicyclic) bond motifs is 1. The molecule has 0 bridgehead atoms. The van der Waals surface area contributed by atoms with Crippen molar-refractivity contribution >= 4 is 34.2 Å². The summed E-state index contributed by atoms with van der Waals surface area (Å²) in [6, 6.07) is 23.2. The SMILES string of the molecule is COc1ccc2c(c1)[C@@](O)([C@H](C)/C=C/CCn1cc(C(CO)c3ccccc3)nn1)C(=O)N2Cc1ccc(I)cc1. The van der Waals surface area contributed by atoms with Gasteiger partial charge in [-0.3, -0.25) is 9.48 Å². The van der Waals surface area contributed by atoms with Crippen molar-refractivity contribution in [2.45, 2.75) is 38.0 Å². The van der Waals surface area contributed by atoms with E-state index in [0.29, 0.717) is 42.2 Å². The minimum atomic E-state index is -1.73. The van der Waals surface area contributed by atoms with Gasteiger partial charge in [-0.2, -0.15) is 0 Å². The standard InChI is InChI=1S/C32H33IN4O4/c1-22(8-6-7-17-36-20-29(34-35-36)27(21-38)24-9-4-3-5-10-24)32(40)28-18-26(41-2)15-16-30(28)37(31(32)39)19-23-11-13-25(33)14-12-23/h3-6,8-16,18,20,22,27,38,40H,7,17,19,21H2,1-2H3/b8-6+/t22-,27?,32+/m1/s1. The van der Waals surface area contributed by atoms with Crippen molar-refractivity contribution < 1.29 is 19.7 Å². The number of aliphatic hydroxyl groups is 2. The summed E-state index contributed by atoms with van der Waals surface area (Å²) in [6.07, 6.45) is 6.32. The molecule has 1 aromatic heterocycles. The molecule has 1 amide bonds. The fourth-order valence-electron chi connectivity index (χ4n) is 5.27. The number of halogens is 1. The van der Waals surface area contributed by atoms with Crippen LogP contribution in [0.3, 0.4) is 0 Å². The van der Waals surface area contributed by atoms with Gasteiger partial charge in [0.25, 0.3) is 5.91 Å². The van der Waals surface area contributed by atoms with Gasteiger partial charge in [-0.15, -0.1) is 5.10 Å². The molecule has 2 heterocycles. The molecule has 0 aliphatic carbocycles. The number of aryl methyl sites for hydroxylation is 1. The van der Waals surface area contributed by atoms with Gasteiger partial charge >= 0.3 is 0 Å². The first kappa shape index (κ1) is 29.0. The van der Waals surface area contributed by atoms with Gasteiger partial charge in [-0.1, -0.05) is 66.8 Å². The third kappa shape index (κ3) is 5.93. The van der Waals surface area contributed by atoms with Crippen molar-refractivity contribution in [1.29, 1.82) is 0 Å². The van der Waals surface area contributed by atoms with E-state index < -0.39 is 11.5 Å². The van der Waals surface area contributed by atoms with Gasteiger partial charge in [0.15, 0.2) is 5.60 Å². The van der Waals surface area contributed by atoms with Gasteiger partial charge in [-0.05, 0) is 70.5 Å². The molecule has 0 spiro atoms. The fraction of sp³-hybridized carbons (Fsp3) is 0.281. The lowest BCUT2D eigenvalue weighted by molar-refractivity contribution is -0.139. The average molecular weight is 665 g/mol. The number of aliphatic hydroxyl groups excluding tert-OH is 1. The number of rotatable bonds is 11. The number of methoxy groups -OCH3 is 1. The van der Waals surface area contributed by atoms with E-state index in [2.05, 4.69) is 32.9 Å². The highest BCUT2D eigenvalue weighted by Gasteiger charge is 2.52. The molecule has 41 heavy (non-hydrogen) atoms. The van der Waals surface area contributed by atoms with Crippen molar-refractivity contribution in [3.05, 3.63) is 117 Å². The summed E-state index contributed by atoms with van der Waals surface area (Å²) in [5.74, 6) is -0.498. The van der Waals surface area contributed by atoms with Crippen molar-refractivity contribution in [2.75, 3.05) is 18.6 Å². The van der Waals surface area contributed by atoms with Crippen molar-refractivity contribution in [3.63, 3.8) is 0 Å². The largest absolute Gasteiger partial charge is 0.497 e. The van der Waals surface area contributed by atoms with Crippen molar-refractivity contribution in [1.82, 2.24) is 15.0 Å². The second-order valence-electron chi connectivity index (χ2n) is 10.2. The fourth-order valence-corrected chi connectivity index (χ4v) is 5.63. The molecule has 0 radical (unpaired) electrons. The van der Waals surface area contributed by atoms with Crippen LogP contribution in [0, 0.1) is 9.49 Å². The zero-order valence-electron chi connectivity index (χ0n) is 23.0. The van der Waals surface area contributed by atoms with E-state index in [1.54, 1.807) is 22.8 Å². The van der Waals surface area contributed by atoms with Crippen LogP contribution in [0.15, 0.2) is 91.1 Å². The minimum Gasteiger partial charge on any atom is -0.497 e. The van der Waals surface area contributed by atoms with E-state index in [4.69, 9.17) is 4.74 Å². The van der Waals surface area contributed by atoms with E-state index in [1.807, 2.05) is 92.0 Å². The molecule has 5 rings (SSSR count). The van der Waals surface area contributed by atoms with Crippen LogP contribution < -0.4 is 9.64 Å². The van der Waals surface area contributed by atoms with Crippen LogP contribution in [0.4, 0.5) is 5.69 Å². The number of aromatic nitrogens is 3. The first-order valence-electron chi connectivity index (χ1n) is 13.5. The first-order chi connectivity index (χ1) is 19.8. The van der Waals surface area contributed by atoms with E-state index in [-0.39, 0.29) is 18.4 Å². The molecule has 1 unspecified atom stereocenters. The van der Waals surface area contributed by atoms with Gasteiger partial charge in [0.1, 0.15) is 5.75 Å². The Morgan fingerprint density at radius 1 is 1.10 bits per heavy atom. The van der Waals surface area contributed by atoms with Crippen LogP contribution in [0.2, 0.25) is 0 Å². The molecule has 3 atom stereocenters. The molecular formula is C32H33IN4O4. The molecule has 0 saturated carbocycles. The maximum atomic E-state index is 13.8. The number of carbonyl (C=O) groups excluding carboxylic acids is 1. The monoisotopic (exact) mass is 664 g/mol. The number of ether oxygens (including phenoxy) is 1. The van der Waals surface area contributed by atoms with E-state index in [1.165, 1.54) is 0 Å². The Hall–Kier alpha value is -3.54. The molecule has 8 nitrogen and oxygen atoms in total. The summed E-state index contributed by atoms with van der Waals surface area (Å²) >= 11 is 2.25. The summed E-state index contributed by atoms with van der Waals surface area (Å²) < 4.78 is 8.29. The summed E-state index contributed by atoms with van der Waals surface area (Å²) in [7, 11) is 1.57. The van der Waals surface area contributed by atoms with E-state index >= 15 is 0 Å². The van der Waals surface area contributed by atoms with Crippen LogP contribution in [0.5, 0.6) is 5.75 Å². The highest BCUT2D eigenvalue weighted by molar-refractivity contribution is 14.1. The molecule has 1 aliphatic heterocycles. The smallest absolute Gasteiger partial charge is 0.264 e. The quantitative estimate of drug-likeness (QED) is 0.172. The maximum absolute atomic E-state index is 13.8. The summed E-state index contributed by atoms with van der Waals surface area (Å²) in [6.45, 7) is 2.73. The number of amides is 1. The van der Waals surface area contributed by atoms with Crippen LogP contribution in [-0.4, -0.2) is 44.8 Å². The molecule has 212 valence electrons. The second kappa shape index (κ2) is 12.5. The molecule has 3 aromatic carbocycles. The van der Waals surface area contributed by atoms with Gasteiger partial charge in [0, 0.05) is 27.8 Å². The number of hydrogen-bond acceptors (Lipinski definition) is 6. The average Bonchev–Trinajstić information content (AvgIpc) is 3.54. The zero-order valence-corrected chi connectivity index (χ0v) is 25.2. The second-order valence-corrected chi connectivity index (χ2v) is 11.5. The highest BCUT2D eigenvalue weighted by atomic mass is 127. The molecule has 0 saturated heterocycles. The molecular weight excluding hydrogens is 631 g/mol. The topological polar surface area (TPSA) is 101 Å². The van der Waals surface area contributed by atoms with Crippen LogP contribution in [0.1, 0.15) is 41.6 Å². The predicted octanol–water partition coefficient (Wildman–Crippen LogP) is 5.03. The van der Waals surface area contributed by atoms with Gasteiger partial charge in [0.2, 0.25) is 0 Å². The van der Waals surface area contributed by atoms with Crippen LogP contribution in [-0.2, 0) is 23.5 Å². The number of hydrogen-bond donors (Lipinski definition) is 2. The third-order valence-electron chi connectivity index (χ3n) is 7.64. The molecule has 2 N–H and O–H groups in total. The Balaban J connectivity index is 1.30. The molecule has 1 aliphatic rings. The zero-order chi connectivity index (χ0) is 29.0. The third-order valence-corrected chi connectivity index (χ3v) is 8.36. The lowest BCUT2D eigenvalue weighted by Crippen LogP contribution is -2.44. The van der Waals surface area contributed by atoms with Crippen LogP contribution >= 0.6 is 22.6 Å². The summed E-state index contributed by atoms with van der Waals surface area (Å²) in [5.41, 5.74) is 2.17. The number of benzene rings is 3. The van der Waals surface area contributed by atoms with Crippen molar-refractivity contribution in [2.24, 2.45) is 5.92 Å². The molecule has 9 heteroatoms. The van der Waals surface area contributed by atoms with Gasteiger partial charge in [0.05, 0.1) is 37.6 Å². The predicted molar refractivity (Wildman–Crippen MR) is 166 cm³/mol. The number of nitrogens with zero attached hydrogens (tertiary/aromatic N) is 4. The maximum Gasteiger partial charge on any atom is 0.264 e. The highest BCUT2D eigenvalue weighted by Crippen LogP contribution is 2.47. The lowest BCUT2D eigenvalue weighted by Gasteiger charge is -2.27. The Kier molecular flexibility index (Phi) is 8.86. The Morgan fingerprint density at radius 2 is 1.85 bits per heavy atom. The van der Waals surface area contributed by atoms with Gasteiger partial charge < -0.3 is 19.8 Å².